The SMILES string of the molecule is Cc1nnc(CN(C)C2CCN(CC(=O)NC3CC3)C2)n1C. The Morgan fingerprint density at radius 2 is 2.14 bits per heavy atom. The molecule has 1 saturated heterocycles. The van der Waals surface area contributed by atoms with Gasteiger partial charge in [-0.1, -0.05) is 0 Å². The Morgan fingerprint density at radius 1 is 1.36 bits per heavy atom. The van der Waals surface area contributed by atoms with Crippen molar-refractivity contribution in [3.05, 3.63) is 11.6 Å². The van der Waals surface area contributed by atoms with E-state index in [0.717, 1.165) is 50.5 Å². The number of nitrogens with zero attached hydrogens (tertiary/aromatic N) is 5. The van der Waals surface area contributed by atoms with Crippen molar-refractivity contribution < 1.29 is 4.79 Å². The maximum atomic E-state index is 11.9. The van der Waals surface area contributed by atoms with E-state index in [1.54, 1.807) is 0 Å². The lowest BCUT2D eigenvalue weighted by atomic mass is 10.2. The normalized spacial score (nSPS) is 22.5. The topological polar surface area (TPSA) is 66.3 Å². The quantitative estimate of drug-likeness (QED) is 0.795. The second-order valence-electron chi connectivity index (χ2n) is 6.66. The molecule has 2 aliphatic rings. The molecular weight excluding hydrogens is 280 g/mol. The standard InChI is InChI=1S/C15H26N6O/c1-11-17-18-14(20(11)3)9-19(2)13-6-7-21(8-13)10-15(22)16-12-4-5-12/h12-13H,4-10H2,1-3H3,(H,16,22). The van der Waals surface area contributed by atoms with Gasteiger partial charge < -0.3 is 9.88 Å². The van der Waals surface area contributed by atoms with Gasteiger partial charge in [0.25, 0.3) is 0 Å². The van der Waals surface area contributed by atoms with Gasteiger partial charge in [0.15, 0.2) is 0 Å². The number of likely N-dealkylation sites (tertiary alicyclic amines) is 1. The molecule has 122 valence electrons. The number of rotatable bonds is 6. The van der Waals surface area contributed by atoms with Crippen molar-refractivity contribution in [2.75, 3.05) is 26.7 Å². The fourth-order valence-corrected chi connectivity index (χ4v) is 2.96. The largest absolute Gasteiger partial charge is 0.352 e. The lowest BCUT2D eigenvalue weighted by Gasteiger charge is -2.24. The summed E-state index contributed by atoms with van der Waals surface area (Å²) < 4.78 is 2.03. The number of hydrogen-bond donors (Lipinski definition) is 1. The first-order chi connectivity index (χ1) is 10.5. The van der Waals surface area contributed by atoms with Crippen LogP contribution in [0.5, 0.6) is 0 Å². The Balaban J connectivity index is 1.46. The van der Waals surface area contributed by atoms with E-state index in [2.05, 4.69) is 32.4 Å². The van der Waals surface area contributed by atoms with Crippen molar-refractivity contribution in [1.82, 2.24) is 29.9 Å². The zero-order chi connectivity index (χ0) is 15.7. The smallest absolute Gasteiger partial charge is 0.234 e. The Labute approximate surface area is 131 Å². The van der Waals surface area contributed by atoms with Crippen LogP contribution in [0.3, 0.4) is 0 Å². The molecule has 1 aromatic rings. The molecule has 1 aliphatic carbocycles. The molecular formula is C15H26N6O. The summed E-state index contributed by atoms with van der Waals surface area (Å²) in [5.41, 5.74) is 0. The maximum Gasteiger partial charge on any atom is 0.234 e. The number of likely N-dealkylation sites (N-methyl/N-ethyl adjacent to an activating group) is 1. The maximum absolute atomic E-state index is 11.9. The summed E-state index contributed by atoms with van der Waals surface area (Å²) in [7, 11) is 4.13. The van der Waals surface area contributed by atoms with Gasteiger partial charge in [0, 0.05) is 32.2 Å². The van der Waals surface area contributed by atoms with E-state index in [9.17, 15) is 4.79 Å². The van der Waals surface area contributed by atoms with Gasteiger partial charge in [0.05, 0.1) is 13.1 Å². The minimum Gasteiger partial charge on any atom is -0.352 e. The van der Waals surface area contributed by atoms with Gasteiger partial charge in [0.1, 0.15) is 11.6 Å². The molecule has 1 atom stereocenters. The van der Waals surface area contributed by atoms with Gasteiger partial charge in [-0.15, -0.1) is 10.2 Å². The average Bonchev–Trinajstić information content (AvgIpc) is 3.07. The van der Waals surface area contributed by atoms with E-state index in [0.29, 0.717) is 18.6 Å². The minimum atomic E-state index is 0.176. The number of hydrogen-bond acceptors (Lipinski definition) is 5. The van der Waals surface area contributed by atoms with Gasteiger partial charge in [-0.3, -0.25) is 14.6 Å². The van der Waals surface area contributed by atoms with Crippen LogP contribution in [0, 0.1) is 6.92 Å². The van der Waals surface area contributed by atoms with Gasteiger partial charge >= 0.3 is 0 Å². The highest BCUT2D eigenvalue weighted by Crippen LogP contribution is 2.19. The van der Waals surface area contributed by atoms with Crippen LogP contribution in [0.25, 0.3) is 0 Å². The van der Waals surface area contributed by atoms with Crippen LogP contribution in [0.2, 0.25) is 0 Å². The van der Waals surface area contributed by atoms with Crippen molar-refractivity contribution in [1.29, 1.82) is 0 Å². The molecule has 0 radical (unpaired) electrons. The van der Waals surface area contributed by atoms with E-state index in [1.807, 2.05) is 18.5 Å². The third-order valence-corrected chi connectivity index (χ3v) is 4.75. The van der Waals surface area contributed by atoms with Crippen LogP contribution in [-0.4, -0.2) is 69.2 Å². The highest BCUT2D eigenvalue weighted by atomic mass is 16.2. The molecule has 0 spiro atoms. The van der Waals surface area contributed by atoms with Gasteiger partial charge in [-0.2, -0.15) is 0 Å². The Hall–Kier alpha value is -1.47. The van der Waals surface area contributed by atoms with Crippen LogP contribution < -0.4 is 5.32 Å². The van der Waals surface area contributed by atoms with E-state index in [-0.39, 0.29) is 5.91 Å². The monoisotopic (exact) mass is 306 g/mol. The third kappa shape index (κ3) is 3.64. The van der Waals surface area contributed by atoms with Crippen molar-refractivity contribution in [2.45, 2.75) is 44.8 Å². The molecule has 3 rings (SSSR count). The summed E-state index contributed by atoms with van der Waals surface area (Å²) in [5, 5.41) is 11.4. The summed E-state index contributed by atoms with van der Waals surface area (Å²) in [5.74, 6) is 2.10. The minimum absolute atomic E-state index is 0.176. The molecule has 22 heavy (non-hydrogen) atoms. The number of nitrogens with one attached hydrogen (secondary N) is 1. The second kappa shape index (κ2) is 6.34. The number of carbonyl (C=O) groups is 1. The zero-order valence-corrected chi connectivity index (χ0v) is 13.7. The zero-order valence-electron chi connectivity index (χ0n) is 13.7. The molecule has 0 aromatic carbocycles. The summed E-state index contributed by atoms with van der Waals surface area (Å²) in [4.78, 5) is 16.4. The fraction of sp³-hybridized carbons (Fsp3) is 0.800. The molecule has 1 aliphatic heterocycles. The lowest BCUT2D eigenvalue weighted by Crippen LogP contribution is -2.39. The number of carbonyl (C=O) groups excluding carboxylic acids is 1. The highest BCUT2D eigenvalue weighted by molar-refractivity contribution is 5.78. The molecule has 1 N–H and O–H groups in total. The number of aryl methyl sites for hydroxylation is 1. The van der Waals surface area contributed by atoms with Crippen molar-refractivity contribution in [3.63, 3.8) is 0 Å². The number of amides is 1. The van der Waals surface area contributed by atoms with E-state index >= 15 is 0 Å². The molecule has 1 unspecified atom stereocenters. The molecule has 2 fully saturated rings. The Morgan fingerprint density at radius 3 is 2.77 bits per heavy atom. The van der Waals surface area contributed by atoms with Crippen molar-refractivity contribution in [3.8, 4) is 0 Å². The molecule has 7 nitrogen and oxygen atoms in total. The first kappa shape index (κ1) is 15.4. The molecule has 2 heterocycles. The van der Waals surface area contributed by atoms with Crippen LogP contribution in [-0.2, 0) is 18.4 Å². The molecule has 1 aromatic heterocycles. The van der Waals surface area contributed by atoms with Gasteiger partial charge in [-0.05, 0) is 33.2 Å². The first-order valence-corrected chi connectivity index (χ1v) is 8.09. The van der Waals surface area contributed by atoms with Crippen LogP contribution in [0.1, 0.15) is 30.9 Å². The van der Waals surface area contributed by atoms with Crippen molar-refractivity contribution >= 4 is 5.91 Å². The molecule has 7 heteroatoms. The fourth-order valence-electron chi connectivity index (χ4n) is 2.96. The highest BCUT2D eigenvalue weighted by Gasteiger charge is 2.29. The predicted molar refractivity (Wildman–Crippen MR) is 83.2 cm³/mol. The molecule has 0 bridgehead atoms. The molecule has 1 saturated carbocycles. The van der Waals surface area contributed by atoms with Crippen molar-refractivity contribution in [2.24, 2.45) is 7.05 Å². The third-order valence-electron chi connectivity index (χ3n) is 4.75. The predicted octanol–water partition coefficient (Wildman–Crippen LogP) is -0.0918. The second-order valence-corrected chi connectivity index (χ2v) is 6.66. The Kier molecular flexibility index (Phi) is 4.44. The average molecular weight is 306 g/mol. The first-order valence-electron chi connectivity index (χ1n) is 8.09. The summed E-state index contributed by atoms with van der Waals surface area (Å²) >= 11 is 0. The van der Waals surface area contributed by atoms with Gasteiger partial charge in [0.2, 0.25) is 5.91 Å². The summed E-state index contributed by atoms with van der Waals surface area (Å²) in [6.45, 7) is 5.23. The van der Waals surface area contributed by atoms with Crippen LogP contribution in [0.15, 0.2) is 0 Å². The van der Waals surface area contributed by atoms with Crippen LogP contribution in [0.4, 0.5) is 0 Å². The Bertz CT molecular complexity index is 538. The summed E-state index contributed by atoms with van der Waals surface area (Å²) in [6.07, 6.45) is 3.40. The van der Waals surface area contributed by atoms with Crippen LogP contribution >= 0.6 is 0 Å². The van der Waals surface area contributed by atoms with E-state index in [4.69, 9.17) is 0 Å². The summed E-state index contributed by atoms with van der Waals surface area (Å²) in [6, 6.07) is 0.929. The van der Waals surface area contributed by atoms with E-state index < -0.39 is 0 Å². The van der Waals surface area contributed by atoms with Gasteiger partial charge in [-0.25, -0.2) is 0 Å². The van der Waals surface area contributed by atoms with E-state index in [1.165, 1.54) is 0 Å². The number of aromatic nitrogens is 3. The lowest BCUT2D eigenvalue weighted by molar-refractivity contribution is -0.122. The molecule has 1 amide bonds.